The second-order valence-electron chi connectivity index (χ2n) is 4.96. The average Bonchev–Trinajstić information content (AvgIpc) is 2.39. The molecule has 1 aromatic rings. The minimum Gasteiger partial charge on any atom is -0.475 e. The molecule has 0 radical (unpaired) electrons. The number of hydrogen-bond acceptors (Lipinski definition) is 4. The third-order valence-electron chi connectivity index (χ3n) is 2.44. The van der Waals surface area contributed by atoms with Crippen LogP contribution in [0.4, 0.5) is 0 Å². The van der Waals surface area contributed by atoms with Gasteiger partial charge in [0.05, 0.1) is 12.3 Å². The van der Waals surface area contributed by atoms with E-state index in [4.69, 9.17) is 9.47 Å². The van der Waals surface area contributed by atoms with Crippen molar-refractivity contribution in [2.75, 3.05) is 26.4 Å². The van der Waals surface area contributed by atoms with Gasteiger partial charge in [-0.2, -0.15) is 0 Å². The molecule has 0 unspecified atom stereocenters. The molecule has 0 aliphatic heterocycles. The van der Waals surface area contributed by atoms with Crippen LogP contribution in [0.2, 0.25) is 0 Å². The van der Waals surface area contributed by atoms with Crippen molar-refractivity contribution >= 4 is 0 Å². The largest absolute Gasteiger partial charge is 0.475 e. The molecule has 1 aromatic heterocycles. The number of pyridine rings is 1. The van der Waals surface area contributed by atoms with E-state index < -0.39 is 0 Å². The number of nitrogens with zero attached hydrogens (tertiary/aromatic N) is 1. The third kappa shape index (κ3) is 7.80. The molecule has 0 aliphatic carbocycles. The third-order valence-corrected chi connectivity index (χ3v) is 2.44. The lowest BCUT2D eigenvalue weighted by Crippen LogP contribution is -2.15. The average molecular weight is 266 g/mol. The number of ether oxygens (including phenoxy) is 2. The summed E-state index contributed by atoms with van der Waals surface area (Å²) < 4.78 is 11.0. The molecule has 4 heteroatoms. The molecule has 0 aliphatic rings. The van der Waals surface area contributed by atoms with E-state index in [1.54, 1.807) is 0 Å². The maximum atomic E-state index is 5.57. The first-order valence-electron chi connectivity index (χ1n) is 7.09. The topological polar surface area (TPSA) is 43.4 Å². The molecular weight excluding hydrogens is 240 g/mol. The van der Waals surface area contributed by atoms with Crippen LogP contribution >= 0.6 is 0 Å². The van der Waals surface area contributed by atoms with Gasteiger partial charge in [-0.05, 0) is 24.9 Å². The standard InChI is InChI=1S/C15H26N2O2/c1-4-8-16-11-14-6-5-7-15(17-14)19-10-9-18-12-13(2)3/h5-7,13,16H,4,8-12H2,1-3H3. The van der Waals surface area contributed by atoms with Gasteiger partial charge in [-0.3, -0.25) is 0 Å². The monoisotopic (exact) mass is 266 g/mol. The molecule has 0 fully saturated rings. The van der Waals surface area contributed by atoms with Gasteiger partial charge in [-0.1, -0.05) is 26.8 Å². The van der Waals surface area contributed by atoms with Gasteiger partial charge in [0.15, 0.2) is 0 Å². The molecule has 1 rings (SSSR count). The molecule has 0 aromatic carbocycles. The van der Waals surface area contributed by atoms with Crippen LogP contribution in [-0.4, -0.2) is 31.3 Å². The van der Waals surface area contributed by atoms with E-state index in [1.165, 1.54) is 0 Å². The van der Waals surface area contributed by atoms with Crippen molar-refractivity contribution in [1.82, 2.24) is 10.3 Å². The van der Waals surface area contributed by atoms with E-state index in [9.17, 15) is 0 Å². The summed E-state index contributed by atoms with van der Waals surface area (Å²) in [6, 6.07) is 5.86. The van der Waals surface area contributed by atoms with Gasteiger partial charge in [0.1, 0.15) is 6.61 Å². The Morgan fingerprint density at radius 2 is 2.11 bits per heavy atom. The predicted molar refractivity (Wildman–Crippen MR) is 77.4 cm³/mol. The second-order valence-corrected chi connectivity index (χ2v) is 4.96. The van der Waals surface area contributed by atoms with E-state index >= 15 is 0 Å². The van der Waals surface area contributed by atoms with Crippen LogP contribution in [-0.2, 0) is 11.3 Å². The number of nitrogens with one attached hydrogen (secondary N) is 1. The Bertz CT molecular complexity index is 343. The second kappa shape index (κ2) is 9.75. The zero-order chi connectivity index (χ0) is 13.9. The fourth-order valence-electron chi connectivity index (χ4n) is 1.55. The van der Waals surface area contributed by atoms with Crippen LogP contribution in [0.1, 0.15) is 32.9 Å². The maximum absolute atomic E-state index is 5.57. The molecule has 0 bridgehead atoms. The van der Waals surface area contributed by atoms with Gasteiger partial charge in [-0.25, -0.2) is 4.98 Å². The van der Waals surface area contributed by atoms with Crippen molar-refractivity contribution in [3.05, 3.63) is 23.9 Å². The SMILES string of the molecule is CCCNCc1cccc(OCCOCC(C)C)n1. The smallest absolute Gasteiger partial charge is 0.213 e. The van der Waals surface area contributed by atoms with Gasteiger partial charge in [0, 0.05) is 19.2 Å². The molecule has 0 saturated heterocycles. The molecule has 0 atom stereocenters. The number of rotatable bonds is 10. The minimum absolute atomic E-state index is 0.547. The van der Waals surface area contributed by atoms with Crippen LogP contribution in [0, 0.1) is 5.92 Å². The summed E-state index contributed by atoms with van der Waals surface area (Å²) in [6.45, 7) is 10.1. The van der Waals surface area contributed by atoms with Crippen LogP contribution in [0.3, 0.4) is 0 Å². The summed E-state index contributed by atoms with van der Waals surface area (Å²) in [6.07, 6.45) is 1.13. The van der Waals surface area contributed by atoms with Crippen LogP contribution < -0.4 is 10.1 Å². The maximum Gasteiger partial charge on any atom is 0.213 e. The fraction of sp³-hybridized carbons (Fsp3) is 0.667. The Morgan fingerprint density at radius 1 is 1.26 bits per heavy atom. The summed E-state index contributed by atoms with van der Waals surface area (Å²) in [7, 11) is 0. The zero-order valence-corrected chi connectivity index (χ0v) is 12.3. The predicted octanol–water partition coefficient (Wildman–Crippen LogP) is 2.63. The summed E-state index contributed by atoms with van der Waals surface area (Å²) in [4.78, 5) is 4.44. The highest BCUT2D eigenvalue weighted by atomic mass is 16.5. The van der Waals surface area contributed by atoms with Crippen molar-refractivity contribution < 1.29 is 9.47 Å². The van der Waals surface area contributed by atoms with E-state index in [2.05, 4.69) is 31.1 Å². The van der Waals surface area contributed by atoms with Gasteiger partial charge < -0.3 is 14.8 Å². The van der Waals surface area contributed by atoms with Crippen LogP contribution in [0.5, 0.6) is 5.88 Å². The Balaban J connectivity index is 2.23. The lowest BCUT2D eigenvalue weighted by molar-refractivity contribution is 0.0805. The highest BCUT2D eigenvalue weighted by molar-refractivity contribution is 5.15. The summed E-state index contributed by atoms with van der Waals surface area (Å²) in [5.74, 6) is 1.23. The summed E-state index contributed by atoms with van der Waals surface area (Å²) >= 11 is 0. The van der Waals surface area contributed by atoms with Crippen LogP contribution in [0.25, 0.3) is 0 Å². The van der Waals surface area contributed by atoms with Gasteiger partial charge >= 0.3 is 0 Å². The van der Waals surface area contributed by atoms with Crippen molar-refractivity contribution in [3.8, 4) is 5.88 Å². The molecule has 19 heavy (non-hydrogen) atoms. The molecule has 0 spiro atoms. The van der Waals surface area contributed by atoms with Crippen molar-refractivity contribution in [3.63, 3.8) is 0 Å². The fourth-order valence-corrected chi connectivity index (χ4v) is 1.55. The van der Waals surface area contributed by atoms with Crippen molar-refractivity contribution in [2.45, 2.75) is 33.7 Å². The van der Waals surface area contributed by atoms with E-state index in [0.29, 0.717) is 25.0 Å². The molecule has 108 valence electrons. The Morgan fingerprint density at radius 3 is 2.84 bits per heavy atom. The Labute approximate surface area is 116 Å². The highest BCUT2D eigenvalue weighted by Gasteiger charge is 1.99. The molecule has 0 saturated carbocycles. The molecule has 4 nitrogen and oxygen atoms in total. The quantitative estimate of drug-likeness (QED) is 0.661. The summed E-state index contributed by atoms with van der Waals surface area (Å²) in [5.41, 5.74) is 1.01. The first kappa shape index (κ1) is 15.9. The van der Waals surface area contributed by atoms with Crippen molar-refractivity contribution in [1.29, 1.82) is 0 Å². The van der Waals surface area contributed by atoms with E-state index in [0.717, 1.165) is 31.8 Å². The summed E-state index contributed by atoms with van der Waals surface area (Å²) in [5, 5.41) is 3.32. The normalized spacial score (nSPS) is 10.9. The minimum atomic E-state index is 0.547. The lowest BCUT2D eigenvalue weighted by Gasteiger charge is -2.09. The molecule has 1 heterocycles. The van der Waals surface area contributed by atoms with Crippen molar-refractivity contribution in [2.24, 2.45) is 5.92 Å². The lowest BCUT2D eigenvalue weighted by atomic mass is 10.2. The molecular formula is C15H26N2O2. The number of aromatic nitrogens is 1. The molecule has 0 amide bonds. The van der Waals surface area contributed by atoms with Gasteiger partial charge in [0.2, 0.25) is 5.88 Å². The first-order valence-corrected chi connectivity index (χ1v) is 7.09. The number of hydrogen-bond donors (Lipinski definition) is 1. The first-order chi connectivity index (χ1) is 9.22. The van der Waals surface area contributed by atoms with Crippen LogP contribution in [0.15, 0.2) is 18.2 Å². The van der Waals surface area contributed by atoms with E-state index in [1.807, 2.05) is 18.2 Å². The molecule has 1 N–H and O–H groups in total. The van der Waals surface area contributed by atoms with Gasteiger partial charge in [0.25, 0.3) is 0 Å². The highest BCUT2D eigenvalue weighted by Crippen LogP contribution is 2.07. The van der Waals surface area contributed by atoms with E-state index in [-0.39, 0.29) is 0 Å². The Hall–Kier alpha value is -1.13. The zero-order valence-electron chi connectivity index (χ0n) is 12.3. The van der Waals surface area contributed by atoms with Gasteiger partial charge in [-0.15, -0.1) is 0 Å². The Kier molecular flexibility index (Phi) is 8.18.